The van der Waals surface area contributed by atoms with Gasteiger partial charge in [-0.1, -0.05) is 27.2 Å². The van der Waals surface area contributed by atoms with Gasteiger partial charge in [-0.2, -0.15) is 0 Å². The first-order valence-corrected chi connectivity index (χ1v) is 5.60. The standard InChI is InChI=1S/C11H24N2O2/c1-5-9(3)7-13(6-2)8-10(12)11(14)15-4/h9-10H,5-8,12H2,1-4H3. The van der Waals surface area contributed by atoms with Crippen molar-refractivity contribution in [1.29, 1.82) is 0 Å². The minimum absolute atomic E-state index is 0.336. The number of carbonyl (C=O) groups is 1. The van der Waals surface area contributed by atoms with Crippen LogP contribution >= 0.6 is 0 Å². The summed E-state index contributed by atoms with van der Waals surface area (Å²) < 4.78 is 4.60. The fourth-order valence-corrected chi connectivity index (χ4v) is 1.41. The number of nitrogens with zero attached hydrogens (tertiary/aromatic N) is 1. The van der Waals surface area contributed by atoms with Gasteiger partial charge in [0.1, 0.15) is 6.04 Å². The Morgan fingerprint density at radius 3 is 2.40 bits per heavy atom. The molecule has 0 heterocycles. The van der Waals surface area contributed by atoms with E-state index in [2.05, 4.69) is 30.4 Å². The predicted molar refractivity (Wildman–Crippen MR) is 61.6 cm³/mol. The summed E-state index contributed by atoms with van der Waals surface area (Å²) in [5.74, 6) is 0.299. The fraction of sp³-hybridized carbons (Fsp3) is 0.909. The second kappa shape index (κ2) is 7.65. The Hall–Kier alpha value is -0.610. The Morgan fingerprint density at radius 2 is 2.00 bits per heavy atom. The van der Waals surface area contributed by atoms with E-state index in [9.17, 15) is 4.79 Å². The van der Waals surface area contributed by atoms with E-state index in [-0.39, 0.29) is 5.97 Å². The number of likely N-dealkylation sites (N-methyl/N-ethyl adjacent to an activating group) is 1. The van der Waals surface area contributed by atoms with E-state index in [1.807, 2.05) is 0 Å². The maximum absolute atomic E-state index is 11.1. The second-order valence-electron chi connectivity index (χ2n) is 4.00. The van der Waals surface area contributed by atoms with Gasteiger partial charge in [-0.25, -0.2) is 0 Å². The number of hydrogen-bond acceptors (Lipinski definition) is 4. The lowest BCUT2D eigenvalue weighted by Crippen LogP contribution is -2.44. The zero-order chi connectivity index (χ0) is 11.8. The van der Waals surface area contributed by atoms with Crippen LogP contribution in [-0.4, -0.2) is 43.7 Å². The van der Waals surface area contributed by atoms with Crippen molar-refractivity contribution >= 4 is 5.97 Å². The van der Waals surface area contributed by atoms with Crippen molar-refractivity contribution in [2.45, 2.75) is 33.2 Å². The Labute approximate surface area is 92.8 Å². The molecule has 0 aliphatic rings. The highest BCUT2D eigenvalue weighted by molar-refractivity contribution is 5.75. The Kier molecular flexibility index (Phi) is 7.34. The van der Waals surface area contributed by atoms with Crippen molar-refractivity contribution in [2.75, 3.05) is 26.7 Å². The van der Waals surface area contributed by atoms with Crippen LogP contribution in [0.1, 0.15) is 27.2 Å². The van der Waals surface area contributed by atoms with Gasteiger partial charge < -0.3 is 15.4 Å². The molecule has 0 rings (SSSR count). The number of methoxy groups -OCH3 is 1. The van der Waals surface area contributed by atoms with Crippen LogP contribution in [0.25, 0.3) is 0 Å². The molecule has 0 aromatic rings. The zero-order valence-electron chi connectivity index (χ0n) is 10.3. The topological polar surface area (TPSA) is 55.6 Å². The summed E-state index contributed by atoms with van der Waals surface area (Å²) in [6, 6.07) is -0.529. The van der Waals surface area contributed by atoms with Gasteiger partial charge in [-0.15, -0.1) is 0 Å². The molecule has 0 aliphatic heterocycles. The molecule has 90 valence electrons. The van der Waals surface area contributed by atoms with Gasteiger partial charge in [0.05, 0.1) is 7.11 Å². The van der Waals surface area contributed by atoms with Crippen molar-refractivity contribution in [2.24, 2.45) is 11.7 Å². The molecule has 0 fully saturated rings. The first kappa shape index (κ1) is 14.4. The largest absolute Gasteiger partial charge is 0.468 e. The van der Waals surface area contributed by atoms with Crippen LogP contribution in [0.2, 0.25) is 0 Å². The molecule has 0 aromatic heterocycles. The average Bonchev–Trinajstić information content (AvgIpc) is 2.26. The van der Waals surface area contributed by atoms with Gasteiger partial charge in [0, 0.05) is 13.1 Å². The molecule has 0 saturated heterocycles. The van der Waals surface area contributed by atoms with Crippen LogP contribution in [0.3, 0.4) is 0 Å². The summed E-state index contributed by atoms with van der Waals surface area (Å²) in [7, 11) is 1.37. The highest BCUT2D eigenvalue weighted by Gasteiger charge is 2.17. The third kappa shape index (κ3) is 5.74. The molecule has 0 amide bonds. The quantitative estimate of drug-likeness (QED) is 0.641. The summed E-state index contributed by atoms with van der Waals surface area (Å²) in [5, 5.41) is 0. The third-order valence-corrected chi connectivity index (χ3v) is 2.67. The Balaban J connectivity index is 4.03. The van der Waals surface area contributed by atoms with E-state index < -0.39 is 6.04 Å². The van der Waals surface area contributed by atoms with E-state index in [0.717, 1.165) is 19.5 Å². The molecule has 0 radical (unpaired) electrons. The van der Waals surface area contributed by atoms with Gasteiger partial charge >= 0.3 is 5.97 Å². The van der Waals surface area contributed by atoms with Crippen LogP contribution < -0.4 is 5.73 Å². The molecule has 0 bridgehead atoms. The maximum Gasteiger partial charge on any atom is 0.323 e. The average molecular weight is 216 g/mol. The monoisotopic (exact) mass is 216 g/mol. The first-order chi connectivity index (χ1) is 7.04. The zero-order valence-corrected chi connectivity index (χ0v) is 10.3. The lowest BCUT2D eigenvalue weighted by Gasteiger charge is -2.25. The molecule has 0 spiro atoms. The molecule has 15 heavy (non-hydrogen) atoms. The molecule has 4 nitrogen and oxygen atoms in total. The number of esters is 1. The highest BCUT2D eigenvalue weighted by Crippen LogP contribution is 2.04. The molecule has 0 aromatic carbocycles. The molecular formula is C11H24N2O2. The molecule has 2 unspecified atom stereocenters. The molecule has 2 atom stereocenters. The van der Waals surface area contributed by atoms with Crippen LogP contribution in [-0.2, 0) is 9.53 Å². The predicted octanol–water partition coefficient (Wildman–Crippen LogP) is 0.855. The van der Waals surface area contributed by atoms with E-state index in [0.29, 0.717) is 12.5 Å². The number of hydrogen-bond donors (Lipinski definition) is 1. The summed E-state index contributed by atoms with van der Waals surface area (Å²) in [6.45, 7) is 8.91. The van der Waals surface area contributed by atoms with Crippen molar-refractivity contribution in [1.82, 2.24) is 4.90 Å². The fourth-order valence-electron chi connectivity index (χ4n) is 1.41. The number of nitrogens with two attached hydrogens (primary N) is 1. The van der Waals surface area contributed by atoms with Crippen LogP contribution in [0.5, 0.6) is 0 Å². The second-order valence-corrected chi connectivity index (χ2v) is 4.00. The van der Waals surface area contributed by atoms with Crippen molar-refractivity contribution in [3.8, 4) is 0 Å². The minimum atomic E-state index is -0.529. The highest BCUT2D eigenvalue weighted by atomic mass is 16.5. The smallest absolute Gasteiger partial charge is 0.323 e. The molecule has 4 heteroatoms. The molecular weight excluding hydrogens is 192 g/mol. The number of ether oxygens (including phenoxy) is 1. The summed E-state index contributed by atoms with van der Waals surface area (Å²) in [4.78, 5) is 13.3. The van der Waals surface area contributed by atoms with E-state index in [1.54, 1.807) is 0 Å². The molecule has 0 saturated carbocycles. The van der Waals surface area contributed by atoms with Crippen molar-refractivity contribution in [3.63, 3.8) is 0 Å². The lowest BCUT2D eigenvalue weighted by molar-refractivity contribution is -0.142. The van der Waals surface area contributed by atoms with E-state index >= 15 is 0 Å². The van der Waals surface area contributed by atoms with Crippen LogP contribution in [0.15, 0.2) is 0 Å². The maximum atomic E-state index is 11.1. The number of carbonyl (C=O) groups excluding carboxylic acids is 1. The van der Waals surface area contributed by atoms with Gasteiger partial charge in [-0.3, -0.25) is 4.79 Å². The molecule has 0 aliphatic carbocycles. The number of rotatable bonds is 7. The van der Waals surface area contributed by atoms with Gasteiger partial charge in [0.15, 0.2) is 0 Å². The Bertz CT molecular complexity index is 185. The van der Waals surface area contributed by atoms with Crippen molar-refractivity contribution < 1.29 is 9.53 Å². The van der Waals surface area contributed by atoms with Gasteiger partial charge in [-0.05, 0) is 12.5 Å². The molecule has 2 N–H and O–H groups in total. The van der Waals surface area contributed by atoms with E-state index in [1.165, 1.54) is 7.11 Å². The van der Waals surface area contributed by atoms with Gasteiger partial charge in [0.2, 0.25) is 0 Å². The van der Waals surface area contributed by atoms with Gasteiger partial charge in [0.25, 0.3) is 0 Å². The SMILES string of the molecule is CCC(C)CN(CC)CC(N)C(=O)OC. The lowest BCUT2D eigenvalue weighted by atomic mass is 10.1. The van der Waals surface area contributed by atoms with Crippen LogP contribution in [0, 0.1) is 5.92 Å². The Morgan fingerprint density at radius 1 is 1.40 bits per heavy atom. The van der Waals surface area contributed by atoms with Crippen LogP contribution in [0.4, 0.5) is 0 Å². The first-order valence-electron chi connectivity index (χ1n) is 5.60. The van der Waals surface area contributed by atoms with Crippen molar-refractivity contribution in [3.05, 3.63) is 0 Å². The normalized spacial score (nSPS) is 15.1. The summed E-state index contributed by atoms with van der Waals surface area (Å²) in [6.07, 6.45) is 1.14. The third-order valence-electron chi connectivity index (χ3n) is 2.67. The minimum Gasteiger partial charge on any atom is -0.468 e. The summed E-state index contributed by atoms with van der Waals surface area (Å²) >= 11 is 0. The summed E-state index contributed by atoms with van der Waals surface area (Å²) in [5.41, 5.74) is 5.71. The van der Waals surface area contributed by atoms with E-state index in [4.69, 9.17) is 5.73 Å².